The number of benzene rings is 1. The highest BCUT2D eigenvalue weighted by molar-refractivity contribution is 5.96. The van der Waals surface area contributed by atoms with Gasteiger partial charge in [-0.2, -0.15) is 0 Å². The summed E-state index contributed by atoms with van der Waals surface area (Å²) < 4.78 is 15.5. The van der Waals surface area contributed by atoms with E-state index >= 15 is 0 Å². The summed E-state index contributed by atoms with van der Waals surface area (Å²) in [6.07, 6.45) is 0.273. The summed E-state index contributed by atoms with van der Waals surface area (Å²) in [7, 11) is 1.52. The molecule has 10 heteroatoms. The van der Waals surface area contributed by atoms with Crippen LogP contribution in [0.2, 0.25) is 0 Å². The molecule has 0 fully saturated rings. The Morgan fingerprint density at radius 3 is 2.13 bits per heavy atom. The maximum absolute atomic E-state index is 11.7. The first-order valence-electron chi connectivity index (χ1n) is 9.76. The van der Waals surface area contributed by atoms with Crippen molar-refractivity contribution < 1.29 is 39.1 Å². The van der Waals surface area contributed by atoms with Gasteiger partial charge in [0.2, 0.25) is 0 Å². The summed E-state index contributed by atoms with van der Waals surface area (Å²) in [5, 5.41) is 33.3. The van der Waals surface area contributed by atoms with Gasteiger partial charge < -0.3 is 40.2 Å². The van der Waals surface area contributed by atoms with Crippen molar-refractivity contribution in [3.63, 3.8) is 0 Å². The van der Waals surface area contributed by atoms with Crippen molar-refractivity contribution in [2.24, 2.45) is 0 Å². The van der Waals surface area contributed by atoms with Gasteiger partial charge in [-0.25, -0.2) is 0 Å². The van der Waals surface area contributed by atoms with E-state index in [1.807, 2.05) is 0 Å². The Morgan fingerprint density at radius 2 is 1.57 bits per heavy atom. The second-order valence-corrected chi connectivity index (χ2v) is 6.65. The fraction of sp³-hybridized carbons (Fsp3) is 0.600. The number of aliphatic carboxylic acids is 1. The first kappa shape index (κ1) is 25.8. The number of anilines is 1. The van der Waals surface area contributed by atoms with Crippen LogP contribution >= 0.6 is 0 Å². The third-order valence-corrected chi connectivity index (χ3v) is 3.90. The number of aliphatic hydroxyl groups excluding tert-OH is 2. The lowest BCUT2D eigenvalue weighted by Crippen LogP contribution is -2.29. The van der Waals surface area contributed by atoms with Crippen molar-refractivity contribution in [2.75, 3.05) is 58.6 Å². The number of rotatable bonds is 17. The summed E-state index contributed by atoms with van der Waals surface area (Å²) >= 11 is 0. The lowest BCUT2D eigenvalue weighted by Gasteiger charge is -2.14. The van der Waals surface area contributed by atoms with Gasteiger partial charge in [0.05, 0.1) is 25.9 Å². The predicted octanol–water partition coefficient (Wildman–Crippen LogP) is 0.0945. The number of hydrogen-bond donors (Lipinski definition) is 5. The number of unbranched alkanes of at least 4 members (excludes halogenated alkanes) is 1. The minimum Gasteiger partial charge on any atom is -0.480 e. The lowest BCUT2D eigenvalue weighted by molar-refractivity contribution is -0.135. The van der Waals surface area contributed by atoms with E-state index < -0.39 is 30.6 Å². The van der Waals surface area contributed by atoms with E-state index in [4.69, 9.17) is 19.3 Å². The minimum atomic E-state index is -1.11. The molecule has 5 N–H and O–H groups in total. The molecule has 0 saturated heterocycles. The molecule has 0 aliphatic rings. The Bertz CT molecular complexity index is 611. The third-order valence-electron chi connectivity index (χ3n) is 3.90. The molecule has 0 radical (unpaired) electrons. The van der Waals surface area contributed by atoms with Crippen LogP contribution in [-0.2, 0) is 19.0 Å². The van der Waals surface area contributed by atoms with Crippen LogP contribution in [0.15, 0.2) is 24.3 Å². The number of carboxylic acids is 1. The number of methoxy groups -OCH3 is 1. The molecule has 0 heterocycles. The third kappa shape index (κ3) is 12.3. The summed E-state index contributed by atoms with van der Waals surface area (Å²) in [5.74, 6) is -1.57. The first-order valence-corrected chi connectivity index (χ1v) is 9.76. The number of carboxylic acid groups (broad SMARTS) is 1. The van der Waals surface area contributed by atoms with Gasteiger partial charge in [-0.1, -0.05) is 0 Å². The molecule has 30 heavy (non-hydrogen) atoms. The number of carbonyl (C=O) groups is 2. The summed E-state index contributed by atoms with van der Waals surface area (Å²) in [4.78, 5) is 22.2. The molecule has 1 aromatic carbocycles. The van der Waals surface area contributed by atoms with Crippen molar-refractivity contribution in [2.45, 2.75) is 25.0 Å². The molecule has 0 aliphatic carbocycles. The molecular formula is C20H32N2O8. The summed E-state index contributed by atoms with van der Waals surface area (Å²) in [5.41, 5.74) is 1.07. The van der Waals surface area contributed by atoms with Crippen LogP contribution in [0.25, 0.3) is 0 Å². The van der Waals surface area contributed by atoms with Crippen molar-refractivity contribution >= 4 is 17.6 Å². The Morgan fingerprint density at radius 1 is 0.967 bits per heavy atom. The van der Waals surface area contributed by atoms with Crippen molar-refractivity contribution in [1.29, 1.82) is 0 Å². The topological polar surface area (TPSA) is 147 Å². The minimum absolute atomic E-state index is 0.191. The van der Waals surface area contributed by atoms with Crippen LogP contribution in [0.1, 0.15) is 23.2 Å². The van der Waals surface area contributed by atoms with Gasteiger partial charge in [-0.15, -0.1) is 0 Å². The number of hydrogen-bond acceptors (Lipinski definition) is 8. The Kier molecular flexibility index (Phi) is 13.4. The quantitative estimate of drug-likeness (QED) is 0.218. The van der Waals surface area contributed by atoms with Gasteiger partial charge in [0.15, 0.2) is 0 Å². The van der Waals surface area contributed by atoms with Gasteiger partial charge in [-0.05, 0) is 37.1 Å². The number of aliphatic hydroxyl groups is 2. The lowest BCUT2D eigenvalue weighted by atomic mass is 10.2. The van der Waals surface area contributed by atoms with E-state index in [2.05, 4.69) is 10.6 Å². The van der Waals surface area contributed by atoms with E-state index in [-0.39, 0.29) is 26.4 Å². The predicted molar refractivity (Wildman–Crippen MR) is 110 cm³/mol. The molecule has 2 atom stereocenters. The second kappa shape index (κ2) is 15.6. The van der Waals surface area contributed by atoms with E-state index in [9.17, 15) is 19.8 Å². The van der Waals surface area contributed by atoms with E-state index in [0.717, 1.165) is 18.5 Å². The molecule has 170 valence electrons. The maximum Gasteiger partial charge on any atom is 0.322 e. The average molecular weight is 428 g/mol. The van der Waals surface area contributed by atoms with Crippen LogP contribution < -0.4 is 10.6 Å². The average Bonchev–Trinajstić information content (AvgIpc) is 2.73. The largest absolute Gasteiger partial charge is 0.480 e. The van der Waals surface area contributed by atoms with Gasteiger partial charge in [0, 0.05) is 38.1 Å². The highest BCUT2D eigenvalue weighted by Crippen LogP contribution is 2.09. The molecule has 1 rings (SSSR count). The molecular weight excluding hydrogens is 396 g/mol. The second-order valence-electron chi connectivity index (χ2n) is 6.65. The highest BCUT2D eigenvalue weighted by Gasteiger charge is 2.08. The molecule has 2 unspecified atom stereocenters. The molecule has 10 nitrogen and oxygen atoms in total. The van der Waals surface area contributed by atoms with Crippen LogP contribution in [-0.4, -0.2) is 92.6 Å². The zero-order valence-electron chi connectivity index (χ0n) is 17.2. The monoisotopic (exact) mass is 428 g/mol. The first-order chi connectivity index (χ1) is 14.4. The number of nitrogens with one attached hydrogen (secondary N) is 2. The smallest absolute Gasteiger partial charge is 0.322 e. The zero-order chi connectivity index (χ0) is 22.2. The van der Waals surface area contributed by atoms with Gasteiger partial charge in [-0.3, -0.25) is 9.59 Å². The highest BCUT2D eigenvalue weighted by atomic mass is 16.5. The fourth-order valence-electron chi connectivity index (χ4n) is 2.38. The standard InChI is InChI=1S/C20H32N2O8/c1-28-12-18(24)14-30-9-3-2-8-29-13-17(23)10-21-16-6-4-15(5-7-16)20(27)22-11-19(25)26/h4-7,17-18,21,23-24H,2-3,8-14H2,1H3,(H,22,27)(H,25,26). The molecule has 0 aromatic heterocycles. The van der Waals surface area contributed by atoms with Crippen molar-refractivity contribution in [3.8, 4) is 0 Å². The molecule has 1 aromatic rings. The Balaban J connectivity index is 2.09. The number of amides is 1. The number of ether oxygens (including phenoxy) is 3. The SMILES string of the molecule is COCC(O)COCCCCOCC(O)CNc1ccc(C(=O)NCC(=O)O)cc1. The molecule has 0 aliphatic heterocycles. The van der Waals surface area contributed by atoms with Crippen LogP contribution in [0.4, 0.5) is 5.69 Å². The van der Waals surface area contributed by atoms with Crippen LogP contribution in [0.3, 0.4) is 0 Å². The molecule has 0 bridgehead atoms. The van der Waals surface area contributed by atoms with Crippen molar-refractivity contribution in [1.82, 2.24) is 5.32 Å². The fourth-order valence-corrected chi connectivity index (χ4v) is 2.38. The normalized spacial score (nSPS) is 12.9. The number of carbonyl (C=O) groups excluding carboxylic acids is 1. The van der Waals surface area contributed by atoms with Gasteiger partial charge in [0.1, 0.15) is 12.6 Å². The summed E-state index contributed by atoms with van der Waals surface area (Å²) in [6.45, 7) is 1.56. The van der Waals surface area contributed by atoms with Gasteiger partial charge >= 0.3 is 5.97 Å². The molecule has 0 spiro atoms. The van der Waals surface area contributed by atoms with Gasteiger partial charge in [0.25, 0.3) is 5.91 Å². The van der Waals surface area contributed by atoms with Crippen LogP contribution in [0.5, 0.6) is 0 Å². The maximum atomic E-state index is 11.7. The Labute approximate surface area is 176 Å². The van der Waals surface area contributed by atoms with E-state index in [1.165, 1.54) is 7.11 Å². The zero-order valence-corrected chi connectivity index (χ0v) is 17.2. The molecule has 0 saturated carbocycles. The van der Waals surface area contributed by atoms with E-state index in [1.54, 1.807) is 24.3 Å². The summed E-state index contributed by atoms with van der Waals surface area (Å²) in [6, 6.07) is 6.48. The van der Waals surface area contributed by atoms with Crippen molar-refractivity contribution in [3.05, 3.63) is 29.8 Å². The van der Waals surface area contributed by atoms with E-state index in [0.29, 0.717) is 18.8 Å². The molecule has 1 amide bonds. The van der Waals surface area contributed by atoms with Crippen LogP contribution in [0, 0.1) is 0 Å². The Hall–Kier alpha value is -2.24.